The van der Waals surface area contributed by atoms with Gasteiger partial charge in [-0.25, -0.2) is 4.79 Å². The number of aromatic nitrogens is 1. The lowest BCUT2D eigenvalue weighted by Crippen LogP contribution is -2.41. The Kier molecular flexibility index (Phi) is 5.13. The number of pyridine rings is 1. The van der Waals surface area contributed by atoms with Crippen LogP contribution >= 0.6 is 0 Å². The highest BCUT2D eigenvalue weighted by Crippen LogP contribution is 2.36. The van der Waals surface area contributed by atoms with Gasteiger partial charge < -0.3 is 21.1 Å². The molecule has 25 heavy (non-hydrogen) atoms. The molecule has 4 N–H and O–H groups in total. The third-order valence-electron chi connectivity index (χ3n) is 4.17. The number of phenols is 1. The zero-order valence-electron chi connectivity index (χ0n) is 13.7. The number of carbonyl (C=O) groups excluding carboxylic acids is 2. The first kappa shape index (κ1) is 16.8. The predicted octanol–water partition coefficient (Wildman–Crippen LogP) is 1.50. The molecule has 0 radical (unpaired) electrons. The molecule has 130 valence electrons. The molecule has 0 bridgehead atoms. The maximum absolute atomic E-state index is 12.0. The number of urea groups is 1. The fraction of sp³-hybridized carbons (Fsp3) is 0.278. The van der Waals surface area contributed by atoms with Crippen molar-refractivity contribution in [1.29, 1.82) is 0 Å². The SMILES string of the molecule is O=C(NCCNC(=O)c1cccnc1)NC1CCc2c(O)cccc21. The van der Waals surface area contributed by atoms with Gasteiger partial charge in [0.1, 0.15) is 5.75 Å². The molecule has 2 aromatic rings. The second-order valence-electron chi connectivity index (χ2n) is 5.83. The molecule has 1 aliphatic rings. The number of amides is 3. The van der Waals surface area contributed by atoms with Crippen molar-refractivity contribution in [3.05, 3.63) is 59.4 Å². The molecular weight excluding hydrogens is 320 g/mol. The minimum absolute atomic E-state index is 0.105. The van der Waals surface area contributed by atoms with Crippen molar-refractivity contribution in [2.75, 3.05) is 13.1 Å². The molecule has 0 saturated carbocycles. The van der Waals surface area contributed by atoms with Crippen molar-refractivity contribution in [1.82, 2.24) is 20.9 Å². The van der Waals surface area contributed by atoms with Gasteiger partial charge in [0.2, 0.25) is 0 Å². The molecule has 1 unspecified atom stereocenters. The first-order chi connectivity index (χ1) is 12.1. The Morgan fingerprint density at radius 3 is 2.80 bits per heavy atom. The van der Waals surface area contributed by atoms with Crippen LogP contribution in [0.5, 0.6) is 5.75 Å². The molecule has 1 aliphatic carbocycles. The van der Waals surface area contributed by atoms with E-state index < -0.39 is 0 Å². The van der Waals surface area contributed by atoms with Gasteiger partial charge in [0.25, 0.3) is 5.91 Å². The Labute approximate surface area is 145 Å². The van der Waals surface area contributed by atoms with E-state index in [1.54, 1.807) is 30.5 Å². The summed E-state index contributed by atoms with van der Waals surface area (Å²) in [5, 5.41) is 18.2. The van der Waals surface area contributed by atoms with E-state index in [9.17, 15) is 14.7 Å². The van der Waals surface area contributed by atoms with Crippen LogP contribution in [0.2, 0.25) is 0 Å². The van der Waals surface area contributed by atoms with Crippen molar-refractivity contribution in [2.24, 2.45) is 0 Å². The fourth-order valence-corrected chi connectivity index (χ4v) is 2.95. The lowest BCUT2D eigenvalue weighted by molar-refractivity contribution is 0.0953. The summed E-state index contributed by atoms with van der Waals surface area (Å²) in [6.07, 6.45) is 4.60. The summed E-state index contributed by atoms with van der Waals surface area (Å²) in [5.74, 6) is 0.0517. The van der Waals surface area contributed by atoms with Gasteiger partial charge in [-0.05, 0) is 42.2 Å². The Morgan fingerprint density at radius 2 is 2.00 bits per heavy atom. The lowest BCUT2D eigenvalue weighted by Gasteiger charge is -2.15. The number of aromatic hydroxyl groups is 1. The van der Waals surface area contributed by atoms with E-state index in [1.165, 1.54) is 6.20 Å². The average Bonchev–Trinajstić information content (AvgIpc) is 3.03. The number of hydrogen-bond acceptors (Lipinski definition) is 4. The molecule has 7 heteroatoms. The van der Waals surface area contributed by atoms with Gasteiger partial charge in [0.15, 0.2) is 0 Å². The zero-order chi connectivity index (χ0) is 17.6. The van der Waals surface area contributed by atoms with E-state index >= 15 is 0 Å². The van der Waals surface area contributed by atoms with E-state index in [2.05, 4.69) is 20.9 Å². The van der Waals surface area contributed by atoms with E-state index in [1.807, 2.05) is 6.07 Å². The summed E-state index contributed by atoms with van der Waals surface area (Å²) in [7, 11) is 0. The molecule has 0 aliphatic heterocycles. The van der Waals surface area contributed by atoms with Crippen molar-refractivity contribution < 1.29 is 14.7 Å². The molecule has 7 nitrogen and oxygen atoms in total. The van der Waals surface area contributed by atoms with E-state index in [4.69, 9.17) is 0 Å². The van der Waals surface area contributed by atoms with Gasteiger partial charge >= 0.3 is 6.03 Å². The molecular formula is C18H20N4O3. The van der Waals surface area contributed by atoms with Crippen molar-refractivity contribution in [3.63, 3.8) is 0 Å². The summed E-state index contributed by atoms with van der Waals surface area (Å²) >= 11 is 0. The Morgan fingerprint density at radius 1 is 1.16 bits per heavy atom. The van der Waals surface area contributed by atoms with Crippen molar-refractivity contribution in [3.8, 4) is 5.75 Å². The normalized spacial score (nSPS) is 15.3. The highest BCUT2D eigenvalue weighted by atomic mass is 16.3. The Bertz CT molecular complexity index is 764. The number of benzene rings is 1. The fourth-order valence-electron chi connectivity index (χ4n) is 2.95. The van der Waals surface area contributed by atoms with Crippen LogP contribution in [-0.4, -0.2) is 35.1 Å². The summed E-state index contributed by atoms with van der Waals surface area (Å²) in [6.45, 7) is 0.640. The van der Waals surface area contributed by atoms with Crippen molar-refractivity contribution in [2.45, 2.75) is 18.9 Å². The third-order valence-corrected chi connectivity index (χ3v) is 4.17. The topological polar surface area (TPSA) is 103 Å². The van der Waals surface area contributed by atoms with Gasteiger partial charge in [-0.1, -0.05) is 12.1 Å². The largest absolute Gasteiger partial charge is 0.508 e. The molecule has 1 heterocycles. The first-order valence-electron chi connectivity index (χ1n) is 8.18. The summed E-state index contributed by atoms with van der Waals surface area (Å²) in [5.41, 5.74) is 2.34. The molecule has 1 atom stereocenters. The van der Waals surface area contributed by atoms with Crippen LogP contribution in [0.15, 0.2) is 42.7 Å². The number of fused-ring (bicyclic) bond motifs is 1. The smallest absolute Gasteiger partial charge is 0.315 e. The first-order valence-corrected chi connectivity index (χ1v) is 8.18. The highest BCUT2D eigenvalue weighted by Gasteiger charge is 2.25. The average molecular weight is 340 g/mol. The molecule has 0 spiro atoms. The quantitative estimate of drug-likeness (QED) is 0.619. The maximum Gasteiger partial charge on any atom is 0.315 e. The molecule has 1 aromatic carbocycles. The number of hydrogen-bond donors (Lipinski definition) is 4. The molecule has 3 rings (SSSR count). The van der Waals surface area contributed by atoms with Crippen LogP contribution in [-0.2, 0) is 6.42 Å². The van der Waals surface area contributed by atoms with Crippen LogP contribution < -0.4 is 16.0 Å². The van der Waals surface area contributed by atoms with Gasteiger partial charge in [-0.3, -0.25) is 9.78 Å². The molecule has 3 amide bonds. The van der Waals surface area contributed by atoms with Crippen LogP contribution in [0.4, 0.5) is 4.79 Å². The summed E-state index contributed by atoms with van der Waals surface area (Å²) < 4.78 is 0. The van der Waals surface area contributed by atoms with Gasteiger partial charge in [-0.15, -0.1) is 0 Å². The Hall–Kier alpha value is -3.09. The minimum atomic E-state index is -0.295. The highest BCUT2D eigenvalue weighted by molar-refractivity contribution is 5.93. The van der Waals surface area contributed by atoms with Crippen LogP contribution in [0.25, 0.3) is 0 Å². The summed E-state index contributed by atoms with van der Waals surface area (Å²) in [4.78, 5) is 27.7. The van der Waals surface area contributed by atoms with E-state index in [0.717, 1.165) is 24.0 Å². The molecule has 0 fully saturated rings. The standard InChI is InChI=1S/C18H20N4O3/c23-16-5-1-4-13-14(16)6-7-15(13)22-18(25)21-10-9-20-17(24)12-3-2-8-19-11-12/h1-5,8,11,15,23H,6-7,9-10H2,(H,20,24)(H2,21,22,25). The summed E-state index contributed by atoms with van der Waals surface area (Å²) in [6, 6.07) is 8.32. The van der Waals surface area contributed by atoms with E-state index in [-0.39, 0.29) is 23.7 Å². The minimum Gasteiger partial charge on any atom is -0.508 e. The number of rotatable bonds is 5. The third kappa shape index (κ3) is 4.06. The van der Waals surface area contributed by atoms with Crippen LogP contribution in [0, 0.1) is 0 Å². The number of nitrogens with zero attached hydrogens (tertiary/aromatic N) is 1. The van der Waals surface area contributed by atoms with Gasteiger partial charge in [0, 0.05) is 25.5 Å². The molecule has 1 aromatic heterocycles. The monoisotopic (exact) mass is 340 g/mol. The molecule has 0 saturated heterocycles. The number of phenolic OH excluding ortho intramolecular Hbond substituents is 1. The van der Waals surface area contributed by atoms with Crippen LogP contribution in [0.3, 0.4) is 0 Å². The van der Waals surface area contributed by atoms with Crippen LogP contribution in [0.1, 0.15) is 33.9 Å². The number of nitrogens with one attached hydrogen (secondary N) is 3. The number of carbonyl (C=O) groups is 2. The second-order valence-corrected chi connectivity index (χ2v) is 5.83. The second kappa shape index (κ2) is 7.65. The Balaban J connectivity index is 1.41. The zero-order valence-corrected chi connectivity index (χ0v) is 13.7. The lowest BCUT2D eigenvalue weighted by atomic mass is 10.1. The van der Waals surface area contributed by atoms with Crippen molar-refractivity contribution >= 4 is 11.9 Å². The van der Waals surface area contributed by atoms with Gasteiger partial charge in [-0.2, -0.15) is 0 Å². The van der Waals surface area contributed by atoms with E-state index in [0.29, 0.717) is 18.7 Å². The predicted molar refractivity (Wildman–Crippen MR) is 92.3 cm³/mol. The maximum atomic E-state index is 12.0. The van der Waals surface area contributed by atoms with Gasteiger partial charge in [0.05, 0.1) is 11.6 Å².